The smallest absolute Gasteiger partial charge is 0.252 e. The number of rotatable bonds is 5. The van der Waals surface area contributed by atoms with Crippen molar-refractivity contribution in [3.63, 3.8) is 0 Å². The van der Waals surface area contributed by atoms with Gasteiger partial charge in [0.25, 0.3) is 5.91 Å². The lowest BCUT2D eigenvalue weighted by Gasteiger charge is -2.22. The Morgan fingerprint density at radius 3 is 2.53 bits per heavy atom. The van der Waals surface area contributed by atoms with Crippen molar-refractivity contribution in [3.8, 4) is 17.2 Å². The van der Waals surface area contributed by atoms with Crippen LogP contribution in [0.3, 0.4) is 0 Å². The number of amides is 1. The normalized spacial score (nSPS) is 11.5. The maximum absolute atomic E-state index is 13.1. The van der Waals surface area contributed by atoms with Crippen molar-refractivity contribution >= 4 is 28.4 Å². The number of nitrogen functional groups attached to an aromatic ring is 1. The molecule has 8 heteroatoms. The summed E-state index contributed by atoms with van der Waals surface area (Å²) in [5.74, 6) is 0.195. The first-order valence-corrected chi connectivity index (χ1v) is 10.0. The van der Waals surface area contributed by atoms with Crippen molar-refractivity contribution in [2.45, 2.75) is 13.0 Å². The van der Waals surface area contributed by atoms with Crippen molar-refractivity contribution in [2.24, 2.45) is 0 Å². The Bertz CT molecular complexity index is 1350. The number of nitrogens with one attached hydrogen (secondary N) is 2. The van der Waals surface area contributed by atoms with E-state index in [1.807, 2.05) is 67.6 Å². The summed E-state index contributed by atoms with van der Waals surface area (Å²) >= 11 is 0. The molecule has 0 aliphatic rings. The molecule has 1 atom stereocenters. The van der Waals surface area contributed by atoms with E-state index in [0.29, 0.717) is 28.2 Å². The highest BCUT2D eigenvalue weighted by molar-refractivity contribution is 6.12. The molecule has 4 aromatic rings. The summed E-state index contributed by atoms with van der Waals surface area (Å²) in [7, 11) is 1.61. The van der Waals surface area contributed by atoms with Gasteiger partial charge in [-0.1, -0.05) is 48.5 Å². The first-order chi connectivity index (χ1) is 15.5. The molecule has 0 bridgehead atoms. The number of hydrogen-bond acceptors (Lipinski definition) is 7. The number of pyridine rings is 1. The minimum Gasteiger partial charge on any atom is -0.382 e. The zero-order valence-electron chi connectivity index (χ0n) is 17.6. The molecule has 1 amide bonds. The van der Waals surface area contributed by atoms with Crippen molar-refractivity contribution in [1.82, 2.24) is 20.3 Å². The van der Waals surface area contributed by atoms with Gasteiger partial charge in [-0.05, 0) is 18.6 Å². The molecular formula is C24H21N7O. The van der Waals surface area contributed by atoms with Crippen LogP contribution in [0.25, 0.3) is 22.0 Å². The van der Waals surface area contributed by atoms with Crippen LogP contribution in [0.1, 0.15) is 34.6 Å². The van der Waals surface area contributed by atoms with Gasteiger partial charge in [0, 0.05) is 18.0 Å². The molecule has 0 spiro atoms. The molecule has 0 fully saturated rings. The van der Waals surface area contributed by atoms with Gasteiger partial charge in [-0.2, -0.15) is 5.26 Å². The van der Waals surface area contributed by atoms with E-state index in [4.69, 9.17) is 10.7 Å². The van der Waals surface area contributed by atoms with Crippen molar-refractivity contribution < 1.29 is 4.79 Å². The van der Waals surface area contributed by atoms with E-state index >= 15 is 0 Å². The number of nitriles is 1. The van der Waals surface area contributed by atoms with Crippen LogP contribution >= 0.6 is 0 Å². The average molecular weight is 423 g/mol. The molecule has 2 aromatic heterocycles. The number of hydrogen-bond donors (Lipinski definition) is 3. The first kappa shape index (κ1) is 20.8. The van der Waals surface area contributed by atoms with E-state index in [0.717, 1.165) is 10.9 Å². The second-order valence-corrected chi connectivity index (χ2v) is 7.17. The van der Waals surface area contributed by atoms with Crippen LogP contribution in [0, 0.1) is 11.3 Å². The largest absolute Gasteiger partial charge is 0.382 e. The van der Waals surface area contributed by atoms with Crippen molar-refractivity contribution in [2.75, 3.05) is 18.1 Å². The molecule has 8 nitrogen and oxygen atoms in total. The Balaban J connectivity index is 1.97. The third-order valence-corrected chi connectivity index (χ3v) is 5.19. The second-order valence-electron chi connectivity index (χ2n) is 7.17. The number of anilines is 2. The van der Waals surface area contributed by atoms with Gasteiger partial charge >= 0.3 is 0 Å². The third-order valence-electron chi connectivity index (χ3n) is 5.19. The lowest BCUT2D eigenvalue weighted by atomic mass is 9.91. The minimum absolute atomic E-state index is 0.0954. The Labute approximate surface area is 185 Å². The molecule has 4 rings (SSSR count). The fraction of sp³-hybridized carbons (Fsp3) is 0.125. The summed E-state index contributed by atoms with van der Waals surface area (Å²) in [5.41, 5.74) is 9.45. The van der Waals surface area contributed by atoms with E-state index in [1.165, 1.54) is 6.33 Å². The van der Waals surface area contributed by atoms with Crippen LogP contribution in [-0.4, -0.2) is 27.9 Å². The number of nitrogens with two attached hydrogens (primary N) is 1. The van der Waals surface area contributed by atoms with E-state index < -0.39 is 6.04 Å². The summed E-state index contributed by atoms with van der Waals surface area (Å²) in [6.45, 7) is 1.90. The molecule has 32 heavy (non-hydrogen) atoms. The van der Waals surface area contributed by atoms with Gasteiger partial charge in [0.05, 0.1) is 22.8 Å². The summed E-state index contributed by atoms with van der Waals surface area (Å²) in [4.78, 5) is 26.0. The quantitative estimate of drug-likeness (QED) is 0.446. The number of aromatic nitrogens is 3. The van der Waals surface area contributed by atoms with Crippen molar-refractivity contribution in [1.29, 1.82) is 5.26 Å². The Kier molecular flexibility index (Phi) is 5.64. The summed E-state index contributed by atoms with van der Waals surface area (Å²) in [5, 5.41) is 16.2. The van der Waals surface area contributed by atoms with Gasteiger partial charge in [-0.25, -0.2) is 15.0 Å². The van der Waals surface area contributed by atoms with E-state index in [9.17, 15) is 10.1 Å². The van der Waals surface area contributed by atoms with Crippen molar-refractivity contribution in [3.05, 3.63) is 77.7 Å². The van der Waals surface area contributed by atoms with Gasteiger partial charge in [0.2, 0.25) is 0 Å². The zero-order valence-corrected chi connectivity index (χ0v) is 17.6. The van der Waals surface area contributed by atoms with E-state index in [2.05, 4.69) is 20.6 Å². The number of benzene rings is 2. The molecule has 158 valence electrons. The predicted octanol–water partition coefficient (Wildman–Crippen LogP) is 3.68. The van der Waals surface area contributed by atoms with E-state index in [-0.39, 0.29) is 17.3 Å². The van der Waals surface area contributed by atoms with Crippen LogP contribution in [-0.2, 0) is 0 Å². The Hall–Kier alpha value is -4.51. The van der Waals surface area contributed by atoms with Crippen LogP contribution in [0.5, 0.6) is 0 Å². The molecule has 0 aliphatic carbocycles. The molecule has 2 heterocycles. The lowest BCUT2D eigenvalue weighted by Crippen LogP contribution is -2.22. The summed E-state index contributed by atoms with van der Waals surface area (Å²) < 4.78 is 0. The van der Waals surface area contributed by atoms with Gasteiger partial charge < -0.3 is 16.4 Å². The summed E-state index contributed by atoms with van der Waals surface area (Å²) in [6.07, 6.45) is 1.30. The van der Waals surface area contributed by atoms with Gasteiger partial charge in [0.1, 0.15) is 29.6 Å². The first-order valence-electron chi connectivity index (χ1n) is 10.0. The fourth-order valence-corrected chi connectivity index (χ4v) is 3.69. The molecular weight excluding hydrogens is 402 g/mol. The Morgan fingerprint density at radius 2 is 1.81 bits per heavy atom. The lowest BCUT2D eigenvalue weighted by molar-refractivity contribution is 0.0965. The molecule has 1 unspecified atom stereocenters. The molecule has 2 aromatic carbocycles. The zero-order chi connectivity index (χ0) is 22.7. The topological polar surface area (TPSA) is 130 Å². The third kappa shape index (κ3) is 3.68. The monoisotopic (exact) mass is 423 g/mol. The number of carbonyl (C=O) groups excluding carboxylic acids is 1. The number of fused-ring (bicyclic) bond motifs is 1. The predicted molar refractivity (Wildman–Crippen MR) is 124 cm³/mol. The highest BCUT2D eigenvalue weighted by Gasteiger charge is 2.25. The van der Waals surface area contributed by atoms with Crippen LogP contribution in [0.15, 0.2) is 60.9 Å². The van der Waals surface area contributed by atoms with Gasteiger partial charge in [0.15, 0.2) is 0 Å². The van der Waals surface area contributed by atoms with Crippen LogP contribution in [0.2, 0.25) is 0 Å². The second kappa shape index (κ2) is 8.70. The maximum atomic E-state index is 13.1. The molecule has 0 aliphatic heterocycles. The summed E-state index contributed by atoms with van der Waals surface area (Å²) in [6, 6.07) is 18.8. The number of nitrogens with zero attached hydrogens (tertiary/aromatic N) is 4. The highest BCUT2D eigenvalue weighted by atomic mass is 16.1. The fourth-order valence-electron chi connectivity index (χ4n) is 3.69. The van der Waals surface area contributed by atoms with Crippen LogP contribution < -0.4 is 16.4 Å². The van der Waals surface area contributed by atoms with Gasteiger partial charge in [-0.3, -0.25) is 4.79 Å². The minimum atomic E-state index is -0.403. The number of para-hydroxylation sites is 1. The Morgan fingerprint density at radius 1 is 1.09 bits per heavy atom. The van der Waals surface area contributed by atoms with Gasteiger partial charge in [-0.15, -0.1) is 0 Å². The molecule has 4 N–H and O–H groups in total. The SMILES string of the molecule is CNC(=O)c1c(-c2ccccc2)c(C(C)Nc2ncnc(N)c2C#N)nc2ccccc12. The van der Waals surface area contributed by atoms with E-state index in [1.54, 1.807) is 7.05 Å². The maximum Gasteiger partial charge on any atom is 0.252 e. The van der Waals surface area contributed by atoms with Crippen LogP contribution in [0.4, 0.5) is 11.6 Å². The number of carbonyl (C=O) groups is 1. The molecule has 0 radical (unpaired) electrons. The highest BCUT2D eigenvalue weighted by Crippen LogP contribution is 2.36. The standard InChI is InChI=1S/C24H21N7O/c1-14(30-23-17(12-25)22(26)28-13-29-23)21-19(15-8-4-3-5-9-15)20(24(32)27-2)16-10-6-7-11-18(16)31-21/h3-11,13-14H,1-2H3,(H,27,32)(H3,26,28,29,30). The molecule has 0 saturated carbocycles. The average Bonchev–Trinajstić information content (AvgIpc) is 2.83. The molecule has 0 saturated heterocycles.